The van der Waals surface area contributed by atoms with Crippen LogP contribution in [0.3, 0.4) is 0 Å². The number of hydrogen-bond acceptors (Lipinski definition) is 4. The number of fused-ring (bicyclic) bond motifs is 1. The Bertz CT molecular complexity index is 624. The molecule has 5 heteroatoms. The Balaban J connectivity index is 0.00000120. The van der Waals surface area contributed by atoms with Gasteiger partial charge in [0.15, 0.2) is 0 Å². The fourth-order valence-corrected chi connectivity index (χ4v) is 2.06. The van der Waals surface area contributed by atoms with E-state index in [9.17, 15) is 9.90 Å². The van der Waals surface area contributed by atoms with Crippen molar-refractivity contribution in [1.82, 2.24) is 4.98 Å². The zero-order valence-corrected chi connectivity index (χ0v) is 10.1. The van der Waals surface area contributed by atoms with Gasteiger partial charge in [-0.3, -0.25) is 0 Å². The number of hydrogen-bond donors (Lipinski definition) is 1. The largest absolute Gasteiger partial charge is 1.00 e. The van der Waals surface area contributed by atoms with Crippen LogP contribution in [-0.4, -0.2) is 11.0 Å². The number of carbonyl (C=O) groups excluding carboxylic acids is 1. The van der Waals surface area contributed by atoms with Crippen molar-refractivity contribution < 1.29 is 28.8 Å². The maximum absolute atomic E-state index is 10.8. The molecule has 0 radical (unpaired) electrons. The van der Waals surface area contributed by atoms with E-state index >= 15 is 0 Å². The van der Waals surface area contributed by atoms with Gasteiger partial charge in [0.05, 0.1) is 11.5 Å². The van der Waals surface area contributed by atoms with Crippen LogP contribution < -0.4 is 29.7 Å². The van der Waals surface area contributed by atoms with E-state index in [-0.39, 0.29) is 24.4 Å². The molecule has 1 aromatic heterocycles. The van der Waals surface area contributed by atoms with Crippen molar-refractivity contribution in [3.05, 3.63) is 35.4 Å². The fraction of sp³-hybridized carbons (Fsp3) is 0.231. The number of carboxylic acids is 1. The Labute approximate surface area is 116 Å². The first-order valence-electron chi connectivity index (χ1n) is 5.56. The van der Waals surface area contributed by atoms with Crippen LogP contribution >= 0.6 is 0 Å². The third kappa shape index (κ3) is 2.22. The smallest absolute Gasteiger partial charge is 0.545 e. The molecule has 1 saturated carbocycles. The molecule has 4 nitrogen and oxygen atoms in total. The van der Waals surface area contributed by atoms with Gasteiger partial charge in [-0.05, 0) is 48.1 Å². The Morgan fingerprint density at radius 1 is 1.33 bits per heavy atom. The third-order valence-electron chi connectivity index (χ3n) is 3.13. The summed E-state index contributed by atoms with van der Waals surface area (Å²) in [6.07, 6.45) is 2.27. The minimum Gasteiger partial charge on any atom is -0.545 e. The molecule has 1 aliphatic carbocycles. The molecule has 0 bridgehead atoms. The van der Waals surface area contributed by atoms with Gasteiger partial charge in [-0.2, -0.15) is 0 Å². The number of benzene rings is 1. The number of nitrogens with zero attached hydrogens (tertiary/aromatic N) is 1. The van der Waals surface area contributed by atoms with Crippen LogP contribution in [-0.2, 0) is 0 Å². The summed E-state index contributed by atoms with van der Waals surface area (Å²) in [4.78, 5) is 15.1. The van der Waals surface area contributed by atoms with E-state index in [1.54, 1.807) is 12.1 Å². The fourth-order valence-electron chi connectivity index (χ4n) is 2.06. The van der Waals surface area contributed by atoms with Crippen molar-refractivity contribution in [2.75, 3.05) is 5.73 Å². The third-order valence-corrected chi connectivity index (χ3v) is 3.13. The van der Waals surface area contributed by atoms with E-state index in [2.05, 4.69) is 4.98 Å². The molecule has 0 aliphatic heterocycles. The van der Waals surface area contributed by atoms with E-state index in [0.717, 1.165) is 29.3 Å². The van der Waals surface area contributed by atoms with E-state index in [4.69, 9.17) is 5.73 Å². The predicted molar refractivity (Wildman–Crippen MR) is 62.5 cm³/mol. The van der Waals surface area contributed by atoms with Crippen molar-refractivity contribution in [3.63, 3.8) is 0 Å². The van der Waals surface area contributed by atoms with Crippen molar-refractivity contribution >= 4 is 22.7 Å². The van der Waals surface area contributed by atoms with Crippen molar-refractivity contribution in [3.8, 4) is 0 Å². The van der Waals surface area contributed by atoms with Crippen LogP contribution in [0.2, 0.25) is 0 Å². The quantitative estimate of drug-likeness (QED) is 0.613. The number of aromatic carboxylic acids is 1. The summed E-state index contributed by atoms with van der Waals surface area (Å²) in [7, 11) is 0. The number of anilines is 1. The second kappa shape index (κ2) is 4.64. The van der Waals surface area contributed by atoms with Gasteiger partial charge in [-0.25, -0.2) is 4.98 Å². The number of aromatic nitrogens is 1. The number of carboxylic acid groups (broad SMARTS) is 1. The summed E-state index contributed by atoms with van der Waals surface area (Å²) in [6, 6.07) is 6.68. The second-order valence-corrected chi connectivity index (χ2v) is 4.43. The van der Waals surface area contributed by atoms with E-state index in [0.29, 0.717) is 11.7 Å². The maximum atomic E-state index is 10.8. The molecular formula is C13H11LiN2O2. The topological polar surface area (TPSA) is 79.0 Å². The zero-order valence-electron chi connectivity index (χ0n) is 10.1. The summed E-state index contributed by atoms with van der Waals surface area (Å²) < 4.78 is 0. The predicted octanol–water partition coefficient (Wildman–Crippen LogP) is -1.94. The number of rotatable bonds is 2. The van der Waals surface area contributed by atoms with Gasteiger partial charge in [0.1, 0.15) is 5.82 Å². The van der Waals surface area contributed by atoms with Crippen LogP contribution in [0.15, 0.2) is 24.3 Å². The van der Waals surface area contributed by atoms with Gasteiger partial charge >= 0.3 is 18.9 Å². The van der Waals surface area contributed by atoms with Gasteiger partial charge < -0.3 is 15.6 Å². The molecule has 3 rings (SSSR count). The van der Waals surface area contributed by atoms with Crippen molar-refractivity contribution in [2.45, 2.75) is 18.8 Å². The van der Waals surface area contributed by atoms with Crippen LogP contribution in [0.4, 0.5) is 5.82 Å². The standard InChI is InChI=1S/C13H12N2O2.Li/c14-12-10(7-1-2-7)6-9-5-8(13(16)17)3-4-11(9)15-12;/h3-7H,1-2H2,(H2,14,15)(H,16,17);/q;+1/p-1. The first kappa shape index (κ1) is 12.9. The van der Waals surface area contributed by atoms with Crippen LogP contribution in [0.25, 0.3) is 10.9 Å². The minimum absolute atomic E-state index is 0. The minimum atomic E-state index is -1.17. The Hall–Kier alpha value is -1.50. The molecular weight excluding hydrogens is 223 g/mol. The Kier molecular flexibility index (Phi) is 3.34. The number of carbonyl (C=O) groups is 1. The molecule has 0 amide bonds. The number of pyridine rings is 1. The van der Waals surface area contributed by atoms with Gasteiger partial charge in [-0.15, -0.1) is 0 Å². The van der Waals surface area contributed by atoms with Gasteiger partial charge in [0.2, 0.25) is 0 Å². The molecule has 0 saturated heterocycles. The Morgan fingerprint density at radius 3 is 2.67 bits per heavy atom. The summed E-state index contributed by atoms with van der Waals surface area (Å²) in [5.41, 5.74) is 7.81. The Morgan fingerprint density at radius 2 is 2.06 bits per heavy atom. The molecule has 0 unspecified atom stereocenters. The first-order chi connectivity index (χ1) is 8.15. The number of nitrogen functional groups attached to an aromatic ring is 1. The normalized spacial score (nSPS) is 14.2. The molecule has 86 valence electrons. The first-order valence-corrected chi connectivity index (χ1v) is 5.56. The van der Waals surface area contributed by atoms with Crippen molar-refractivity contribution in [1.29, 1.82) is 0 Å². The average molecular weight is 234 g/mol. The molecule has 1 aromatic carbocycles. The summed E-state index contributed by atoms with van der Waals surface area (Å²) >= 11 is 0. The molecule has 2 N–H and O–H groups in total. The van der Waals surface area contributed by atoms with E-state index in [1.807, 2.05) is 6.07 Å². The summed E-state index contributed by atoms with van der Waals surface area (Å²) in [5, 5.41) is 11.6. The summed E-state index contributed by atoms with van der Waals surface area (Å²) in [5.74, 6) is -0.114. The van der Waals surface area contributed by atoms with Gasteiger partial charge in [0, 0.05) is 5.39 Å². The SMILES string of the molecule is Nc1nc2ccc(C(=O)[O-])cc2cc1C1CC1.[Li+]. The zero-order chi connectivity index (χ0) is 12.0. The monoisotopic (exact) mass is 234 g/mol. The summed E-state index contributed by atoms with van der Waals surface area (Å²) in [6.45, 7) is 0. The maximum Gasteiger partial charge on any atom is 1.00 e. The molecule has 2 aromatic rings. The molecule has 1 heterocycles. The molecule has 0 atom stereocenters. The van der Waals surface area contributed by atoms with Crippen molar-refractivity contribution in [2.24, 2.45) is 0 Å². The molecule has 0 spiro atoms. The van der Waals surface area contributed by atoms with Crippen LogP contribution in [0.5, 0.6) is 0 Å². The van der Waals surface area contributed by atoms with Crippen LogP contribution in [0, 0.1) is 0 Å². The average Bonchev–Trinajstić information content (AvgIpc) is 3.11. The molecule has 1 aliphatic rings. The molecule has 1 fully saturated rings. The van der Waals surface area contributed by atoms with Gasteiger partial charge in [0.25, 0.3) is 0 Å². The van der Waals surface area contributed by atoms with Crippen LogP contribution in [0.1, 0.15) is 34.7 Å². The second-order valence-electron chi connectivity index (χ2n) is 4.43. The number of nitrogens with two attached hydrogens (primary N) is 1. The molecule has 18 heavy (non-hydrogen) atoms. The van der Waals surface area contributed by atoms with E-state index in [1.165, 1.54) is 6.07 Å². The van der Waals surface area contributed by atoms with Gasteiger partial charge in [-0.1, -0.05) is 6.07 Å². The van der Waals surface area contributed by atoms with E-state index < -0.39 is 5.97 Å².